The molecule has 0 atom stereocenters. The molecule has 0 unspecified atom stereocenters. The highest BCUT2D eigenvalue weighted by molar-refractivity contribution is 5.94. The minimum Gasteiger partial charge on any atom is -0.494 e. The molecule has 0 saturated carbocycles. The van der Waals surface area contributed by atoms with Crippen LogP contribution in [0.1, 0.15) is 54.6 Å². The number of hydrogen-bond donors (Lipinski definition) is 1. The van der Waals surface area contributed by atoms with Crippen LogP contribution in [0.25, 0.3) is 0 Å². The van der Waals surface area contributed by atoms with Crippen LogP contribution in [-0.2, 0) is 0 Å². The van der Waals surface area contributed by atoms with E-state index in [0.29, 0.717) is 18.1 Å². The average molecular weight is 324 g/mol. The van der Waals surface area contributed by atoms with Crippen LogP contribution in [0, 0.1) is 0 Å². The van der Waals surface area contributed by atoms with Crippen molar-refractivity contribution >= 4 is 12.1 Å². The van der Waals surface area contributed by atoms with Gasteiger partial charge in [0.05, 0.1) is 12.8 Å². The second-order valence-corrected chi connectivity index (χ2v) is 5.89. The predicted octanol–water partition coefficient (Wildman–Crippen LogP) is 4.36. The zero-order chi connectivity index (χ0) is 17.4. The predicted molar refractivity (Wildman–Crippen MR) is 97.8 cm³/mol. The van der Waals surface area contributed by atoms with Crippen LogP contribution < -0.4 is 10.2 Å². The number of benzene rings is 2. The van der Waals surface area contributed by atoms with Gasteiger partial charge >= 0.3 is 0 Å². The molecular formula is C20H24N2O2. The molecule has 4 nitrogen and oxygen atoms in total. The maximum Gasteiger partial charge on any atom is 0.271 e. The standard InChI is InChI=1S/C20H24N2O2/c1-4-13-24-19-11-5-16(6-12-19)14-21-22-20(23)18-9-7-17(8-10-18)15(2)3/h5-12,14-15H,4,13H2,1-3H3,(H,22,23). The summed E-state index contributed by atoms with van der Waals surface area (Å²) in [7, 11) is 0. The van der Waals surface area contributed by atoms with Crippen molar-refractivity contribution < 1.29 is 9.53 Å². The Bertz CT molecular complexity index is 674. The molecule has 0 aliphatic rings. The molecule has 2 aromatic rings. The van der Waals surface area contributed by atoms with E-state index in [-0.39, 0.29) is 5.91 Å². The third-order valence-electron chi connectivity index (χ3n) is 3.57. The van der Waals surface area contributed by atoms with Crippen molar-refractivity contribution in [2.75, 3.05) is 6.61 Å². The number of nitrogens with one attached hydrogen (secondary N) is 1. The van der Waals surface area contributed by atoms with Crippen molar-refractivity contribution in [3.05, 3.63) is 65.2 Å². The molecule has 0 spiro atoms. The first-order chi connectivity index (χ1) is 11.6. The van der Waals surface area contributed by atoms with Crippen LogP contribution in [0.3, 0.4) is 0 Å². The number of hydrogen-bond acceptors (Lipinski definition) is 3. The van der Waals surface area contributed by atoms with Crippen LogP contribution in [0.5, 0.6) is 5.75 Å². The van der Waals surface area contributed by atoms with Gasteiger partial charge in [-0.05, 0) is 59.9 Å². The van der Waals surface area contributed by atoms with Gasteiger partial charge in [0.2, 0.25) is 0 Å². The number of hydrazone groups is 1. The Kier molecular flexibility index (Phi) is 6.55. The summed E-state index contributed by atoms with van der Waals surface area (Å²) in [5.74, 6) is 1.07. The van der Waals surface area contributed by atoms with Gasteiger partial charge in [0.1, 0.15) is 5.75 Å². The first-order valence-electron chi connectivity index (χ1n) is 8.26. The van der Waals surface area contributed by atoms with E-state index in [1.54, 1.807) is 6.21 Å². The molecule has 0 saturated heterocycles. The molecule has 1 N–H and O–H groups in total. The van der Waals surface area contributed by atoms with Gasteiger partial charge in [-0.25, -0.2) is 5.43 Å². The van der Waals surface area contributed by atoms with Gasteiger partial charge in [0, 0.05) is 5.56 Å². The molecule has 0 aliphatic carbocycles. The largest absolute Gasteiger partial charge is 0.494 e. The number of amides is 1. The van der Waals surface area contributed by atoms with Gasteiger partial charge in [-0.1, -0.05) is 32.9 Å². The summed E-state index contributed by atoms with van der Waals surface area (Å²) in [6.07, 6.45) is 2.59. The van der Waals surface area contributed by atoms with Crippen LogP contribution in [0.4, 0.5) is 0 Å². The summed E-state index contributed by atoms with van der Waals surface area (Å²) in [6.45, 7) is 7.02. The quantitative estimate of drug-likeness (QED) is 0.607. The number of ether oxygens (including phenoxy) is 1. The molecule has 1 amide bonds. The Balaban J connectivity index is 1.89. The molecule has 0 heterocycles. The van der Waals surface area contributed by atoms with Crippen molar-refractivity contribution in [3.63, 3.8) is 0 Å². The van der Waals surface area contributed by atoms with Crippen molar-refractivity contribution in [2.24, 2.45) is 5.10 Å². The van der Waals surface area contributed by atoms with Gasteiger partial charge in [-0.15, -0.1) is 0 Å². The SMILES string of the molecule is CCCOc1ccc(C=NNC(=O)c2ccc(C(C)C)cc2)cc1. The lowest BCUT2D eigenvalue weighted by atomic mass is 10.0. The van der Waals surface area contributed by atoms with Crippen molar-refractivity contribution in [1.29, 1.82) is 0 Å². The lowest BCUT2D eigenvalue weighted by molar-refractivity contribution is 0.0955. The number of nitrogens with zero attached hydrogens (tertiary/aromatic N) is 1. The topological polar surface area (TPSA) is 50.7 Å². The van der Waals surface area contributed by atoms with E-state index >= 15 is 0 Å². The van der Waals surface area contributed by atoms with Crippen molar-refractivity contribution in [1.82, 2.24) is 5.43 Å². The summed E-state index contributed by atoms with van der Waals surface area (Å²) in [5.41, 5.74) is 5.25. The minimum absolute atomic E-state index is 0.218. The molecule has 0 aliphatic heterocycles. The third kappa shape index (κ3) is 5.23. The van der Waals surface area contributed by atoms with E-state index in [0.717, 1.165) is 17.7 Å². The highest BCUT2D eigenvalue weighted by Gasteiger charge is 2.05. The molecule has 0 bridgehead atoms. The first kappa shape index (κ1) is 17.7. The zero-order valence-electron chi connectivity index (χ0n) is 14.5. The first-order valence-corrected chi connectivity index (χ1v) is 8.26. The van der Waals surface area contributed by atoms with Crippen LogP contribution >= 0.6 is 0 Å². The fraction of sp³-hybridized carbons (Fsp3) is 0.300. The zero-order valence-corrected chi connectivity index (χ0v) is 14.5. The van der Waals surface area contributed by atoms with E-state index in [9.17, 15) is 4.79 Å². The molecule has 126 valence electrons. The van der Waals surface area contributed by atoms with Gasteiger partial charge in [-0.3, -0.25) is 4.79 Å². The van der Waals surface area contributed by atoms with Gasteiger partial charge in [0.15, 0.2) is 0 Å². The third-order valence-corrected chi connectivity index (χ3v) is 3.57. The summed E-state index contributed by atoms with van der Waals surface area (Å²) in [4.78, 5) is 12.0. The number of carbonyl (C=O) groups excluding carboxylic acids is 1. The maximum atomic E-state index is 12.0. The normalized spacial score (nSPS) is 11.0. The van der Waals surface area contributed by atoms with E-state index in [1.165, 1.54) is 5.56 Å². The minimum atomic E-state index is -0.218. The molecular weight excluding hydrogens is 300 g/mol. The monoisotopic (exact) mass is 324 g/mol. The van der Waals surface area contributed by atoms with E-state index in [1.807, 2.05) is 48.5 Å². The molecule has 0 aromatic heterocycles. The van der Waals surface area contributed by atoms with Crippen LogP contribution in [0.15, 0.2) is 53.6 Å². The Morgan fingerprint density at radius 2 is 1.79 bits per heavy atom. The maximum absolute atomic E-state index is 12.0. The van der Waals surface area contributed by atoms with Gasteiger partial charge in [-0.2, -0.15) is 5.10 Å². The van der Waals surface area contributed by atoms with E-state index < -0.39 is 0 Å². The molecule has 4 heteroatoms. The summed E-state index contributed by atoms with van der Waals surface area (Å²) in [5, 5.41) is 4.00. The van der Waals surface area contributed by atoms with Crippen LogP contribution in [-0.4, -0.2) is 18.7 Å². The fourth-order valence-corrected chi connectivity index (χ4v) is 2.12. The summed E-state index contributed by atoms with van der Waals surface area (Å²) >= 11 is 0. The molecule has 2 aromatic carbocycles. The van der Waals surface area contributed by atoms with Gasteiger partial charge in [0.25, 0.3) is 5.91 Å². The second-order valence-electron chi connectivity index (χ2n) is 5.89. The Morgan fingerprint density at radius 1 is 1.12 bits per heavy atom. The van der Waals surface area contributed by atoms with E-state index in [2.05, 4.69) is 31.3 Å². The smallest absolute Gasteiger partial charge is 0.271 e. The van der Waals surface area contributed by atoms with Crippen molar-refractivity contribution in [3.8, 4) is 5.75 Å². The number of rotatable bonds is 7. The molecule has 0 radical (unpaired) electrons. The fourth-order valence-electron chi connectivity index (χ4n) is 2.12. The highest BCUT2D eigenvalue weighted by atomic mass is 16.5. The van der Waals surface area contributed by atoms with E-state index in [4.69, 9.17) is 4.74 Å². The molecule has 24 heavy (non-hydrogen) atoms. The summed E-state index contributed by atoms with van der Waals surface area (Å²) < 4.78 is 5.52. The molecule has 2 rings (SSSR count). The highest BCUT2D eigenvalue weighted by Crippen LogP contribution is 2.14. The average Bonchev–Trinajstić information content (AvgIpc) is 2.61. The number of carbonyl (C=O) groups is 1. The Hall–Kier alpha value is -2.62. The van der Waals surface area contributed by atoms with Crippen molar-refractivity contribution in [2.45, 2.75) is 33.1 Å². The second kappa shape index (κ2) is 8.87. The Labute approximate surface area is 143 Å². The van der Waals surface area contributed by atoms with Crippen LogP contribution in [0.2, 0.25) is 0 Å². The lowest BCUT2D eigenvalue weighted by Gasteiger charge is -2.06. The summed E-state index contributed by atoms with van der Waals surface area (Å²) in [6, 6.07) is 15.2. The molecule has 0 fully saturated rings. The van der Waals surface area contributed by atoms with Gasteiger partial charge < -0.3 is 4.74 Å². The lowest BCUT2D eigenvalue weighted by Crippen LogP contribution is -2.17. The Morgan fingerprint density at radius 3 is 2.38 bits per heavy atom.